The zero-order chi connectivity index (χ0) is 47.1. The maximum Gasteiger partial charge on any atom is 0.341 e. The number of carboxylic acid groups (broad SMARTS) is 2. The van der Waals surface area contributed by atoms with Gasteiger partial charge in [0.15, 0.2) is 0 Å². The molecular formula is C40H51FN4O20. The van der Waals surface area contributed by atoms with Crippen molar-refractivity contribution < 1.29 is 84.4 Å². The van der Waals surface area contributed by atoms with Gasteiger partial charge < -0.3 is 39.4 Å². The number of hydrogen-bond donors (Lipinski definition) is 4. The number of non-ortho nitro benzene ring substituents is 4. The van der Waals surface area contributed by atoms with Crippen LogP contribution in [-0.2, 0) is 9.47 Å². The normalized spacial score (nSPS) is 9.29. The molecule has 4 N–H and O–H groups in total. The Balaban J connectivity index is -0.000000383. The number of esters is 2. The van der Waals surface area contributed by atoms with E-state index in [1.807, 2.05) is 13.8 Å². The third-order valence-electron chi connectivity index (χ3n) is 7.11. The molecule has 0 bridgehead atoms. The zero-order valence-electron chi connectivity index (χ0n) is 33.7. The minimum absolute atomic E-state index is 0. The summed E-state index contributed by atoms with van der Waals surface area (Å²) in [5.74, 6) is -4.59. The summed E-state index contributed by atoms with van der Waals surface area (Å²) in [6.45, 7) is 8.20. The topological polar surface area (TPSA) is 359 Å². The number of ether oxygens (including phenoxy) is 4. The lowest BCUT2D eigenvalue weighted by atomic mass is 10.2. The Morgan fingerprint density at radius 2 is 0.800 bits per heavy atom. The second kappa shape index (κ2) is 30.5. The molecule has 0 saturated heterocycles. The summed E-state index contributed by atoms with van der Waals surface area (Å²) in [5.41, 5.74) is -1.23. The van der Waals surface area contributed by atoms with Crippen LogP contribution < -0.4 is 9.47 Å². The van der Waals surface area contributed by atoms with Crippen LogP contribution in [0.15, 0.2) is 72.8 Å². The highest BCUT2D eigenvalue weighted by molar-refractivity contribution is 5.94. The standard InChI is InChI=1S/C12H15NO5.C10H11NO5.C9H9NO5.C7H5NO5.2CH4.FH.H2/c1-3-7-18-11-8-9(13(15)16)5-6-10(11)12(14)17-4-2;1-2-5-16-9-6-7(11(14)15)3-4-8(9)10(12)13;1-2-15-9(12)7-4-3-6(10(13)14)5-8(7)11;9-6-3-4(8(12)13)1-2-5(6)7(10)11;;;;/h5-6,8H,3-4,7H2,1-2H3;3-4,6H,2,5H2,1H3,(H,12,13);3-5,11H,2H2,1H3;1-3,9H,(H,10,11);2*1H4;2*1H/i;;;;;;;1+1. The first-order valence-electron chi connectivity index (χ1n) is 17.8. The number of halogens is 1. The third-order valence-corrected chi connectivity index (χ3v) is 7.11. The molecule has 0 saturated carbocycles. The molecule has 0 unspecified atom stereocenters. The van der Waals surface area contributed by atoms with E-state index in [0.29, 0.717) is 19.6 Å². The van der Waals surface area contributed by atoms with Crippen LogP contribution in [0.5, 0.6) is 23.0 Å². The molecule has 0 radical (unpaired) electrons. The van der Waals surface area contributed by atoms with E-state index in [2.05, 4.69) is 4.74 Å². The first-order valence-corrected chi connectivity index (χ1v) is 17.8. The van der Waals surface area contributed by atoms with Crippen LogP contribution in [-0.4, -0.2) is 90.4 Å². The number of nitro benzene ring substituents is 4. The Bertz CT molecular complexity index is 2280. The Kier molecular flexibility index (Phi) is 28.5. The van der Waals surface area contributed by atoms with Gasteiger partial charge in [0.25, 0.3) is 22.7 Å². The van der Waals surface area contributed by atoms with Gasteiger partial charge in [-0.05, 0) is 51.0 Å². The van der Waals surface area contributed by atoms with E-state index in [1.165, 1.54) is 24.3 Å². The Labute approximate surface area is 371 Å². The van der Waals surface area contributed by atoms with Crippen molar-refractivity contribution in [1.82, 2.24) is 0 Å². The van der Waals surface area contributed by atoms with Crippen molar-refractivity contribution in [2.24, 2.45) is 0 Å². The maximum atomic E-state index is 11.6. The molecular weight excluding hydrogens is 875 g/mol. The van der Waals surface area contributed by atoms with Gasteiger partial charge in [0.05, 0.1) is 70.4 Å². The molecule has 0 atom stereocenters. The first kappa shape index (κ1) is 60.8. The lowest BCUT2D eigenvalue weighted by Crippen LogP contribution is -2.08. The molecule has 0 aliphatic carbocycles. The number of rotatable bonds is 16. The average molecular weight is 928 g/mol. The van der Waals surface area contributed by atoms with Gasteiger partial charge in [-0.2, -0.15) is 0 Å². The van der Waals surface area contributed by atoms with E-state index in [1.54, 1.807) is 13.8 Å². The molecule has 0 aliphatic rings. The van der Waals surface area contributed by atoms with Gasteiger partial charge in [0.1, 0.15) is 45.3 Å². The SMILES string of the molecule is C.C.CCCOc1cc([N+](=O)[O-])ccc1C(=O)O.CCCOc1cc([N+](=O)[O-])ccc1C(=O)OCC.CCOC(=O)c1ccc([N+](=O)[O-])cc1O.F.O=C(O)c1ccc([N+](=O)[O-])cc1O.[2HH]. The number of benzene rings is 4. The predicted molar refractivity (Wildman–Crippen MR) is 231 cm³/mol. The summed E-state index contributed by atoms with van der Waals surface area (Å²) in [6.07, 6.45) is 1.44. The van der Waals surface area contributed by atoms with Crippen molar-refractivity contribution in [2.45, 2.75) is 55.4 Å². The molecule has 4 aromatic carbocycles. The van der Waals surface area contributed by atoms with Crippen LogP contribution in [0.1, 0.15) is 98.2 Å². The monoisotopic (exact) mass is 927 g/mol. The number of carboxylic acids is 2. The number of aromatic carboxylic acids is 2. The zero-order valence-corrected chi connectivity index (χ0v) is 33.7. The van der Waals surface area contributed by atoms with Crippen LogP contribution in [0.4, 0.5) is 27.5 Å². The number of carbonyl (C=O) groups is 4. The molecule has 0 amide bonds. The van der Waals surface area contributed by atoms with E-state index in [0.717, 1.165) is 55.0 Å². The summed E-state index contributed by atoms with van der Waals surface area (Å²) in [4.78, 5) is 83.2. The lowest BCUT2D eigenvalue weighted by molar-refractivity contribution is -0.385. The largest absolute Gasteiger partial charge is 0.507 e. The maximum absolute atomic E-state index is 11.6. The van der Waals surface area contributed by atoms with Crippen molar-refractivity contribution in [2.75, 3.05) is 26.4 Å². The lowest BCUT2D eigenvalue weighted by Gasteiger charge is -2.09. The van der Waals surface area contributed by atoms with Gasteiger partial charge in [0.2, 0.25) is 0 Å². The minimum Gasteiger partial charge on any atom is -0.507 e. The van der Waals surface area contributed by atoms with Crippen molar-refractivity contribution in [1.29, 1.82) is 0 Å². The molecule has 65 heavy (non-hydrogen) atoms. The van der Waals surface area contributed by atoms with Crippen molar-refractivity contribution >= 4 is 46.6 Å². The highest BCUT2D eigenvalue weighted by Crippen LogP contribution is 2.28. The molecule has 0 heterocycles. The summed E-state index contributed by atoms with van der Waals surface area (Å²) in [6, 6.07) is 13.3. The molecule has 0 aliphatic heterocycles. The van der Waals surface area contributed by atoms with Crippen molar-refractivity contribution in [3.63, 3.8) is 0 Å². The fourth-order valence-electron chi connectivity index (χ4n) is 4.30. The van der Waals surface area contributed by atoms with Crippen LogP contribution in [0.3, 0.4) is 0 Å². The van der Waals surface area contributed by atoms with Gasteiger partial charge in [-0.1, -0.05) is 28.7 Å². The van der Waals surface area contributed by atoms with Gasteiger partial charge in [-0.25, -0.2) is 19.2 Å². The Morgan fingerprint density at radius 1 is 0.508 bits per heavy atom. The predicted octanol–water partition coefficient (Wildman–Crippen LogP) is 8.79. The third kappa shape index (κ3) is 19.8. The molecule has 358 valence electrons. The molecule has 24 nitrogen and oxygen atoms in total. The van der Waals surface area contributed by atoms with Crippen LogP contribution in [0.25, 0.3) is 0 Å². The minimum atomic E-state index is -1.33. The van der Waals surface area contributed by atoms with E-state index < -0.39 is 55.1 Å². The van der Waals surface area contributed by atoms with Gasteiger partial charge in [-0.3, -0.25) is 45.2 Å². The number of nitro groups is 4. The smallest absolute Gasteiger partial charge is 0.341 e. The van der Waals surface area contributed by atoms with Gasteiger partial charge >= 0.3 is 23.9 Å². The molecule has 25 heteroatoms. The summed E-state index contributed by atoms with van der Waals surface area (Å²) in [7, 11) is 0. The van der Waals surface area contributed by atoms with E-state index in [-0.39, 0.29) is 90.7 Å². The highest BCUT2D eigenvalue weighted by atomic mass is 19.0. The molecule has 4 aromatic rings. The quantitative estimate of drug-likeness (QED) is 0.0463. The van der Waals surface area contributed by atoms with E-state index >= 15 is 0 Å². The van der Waals surface area contributed by atoms with Gasteiger partial charge in [0, 0.05) is 25.7 Å². The summed E-state index contributed by atoms with van der Waals surface area (Å²) < 4.78 is 20.0. The Morgan fingerprint density at radius 3 is 1.11 bits per heavy atom. The van der Waals surface area contributed by atoms with Gasteiger partial charge in [-0.15, -0.1) is 0 Å². The molecule has 0 aromatic heterocycles. The molecule has 0 spiro atoms. The molecule has 0 fully saturated rings. The van der Waals surface area contributed by atoms with E-state index in [9.17, 15) is 64.7 Å². The number of phenolic OH excluding ortho intramolecular Hbond substituents is 1. The first-order chi connectivity index (χ1) is 29.2. The van der Waals surface area contributed by atoms with Crippen LogP contribution >= 0.6 is 0 Å². The number of nitrogens with zero attached hydrogens (tertiary/aromatic N) is 4. The fourth-order valence-corrected chi connectivity index (χ4v) is 4.30. The number of hydrogen-bond acceptors (Lipinski definition) is 18. The molecule has 4 rings (SSSR count). The average Bonchev–Trinajstić information content (AvgIpc) is 3.22. The fraction of sp³-hybridized carbons (Fsp3) is 0.300. The number of aromatic hydroxyl groups is 2. The Hall–Kier alpha value is -8.51. The van der Waals surface area contributed by atoms with Crippen molar-refractivity contribution in [3.05, 3.63) is 136 Å². The second-order valence-corrected chi connectivity index (χ2v) is 11.5. The highest BCUT2D eigenvalue weighted by Gasteiger charge is 2.20. The van der Waals surface area contributed by atoms with Crippen LogP contribution in [0, 0.1) is 40.5 Å². The number of phenols is 2. The second-order valence-electron chi connectivity index (χ2n) is 11.5. The number of carbonyl (C=O) groups excluding carboxylic acids is 2. The van der Waals surface area contributed by atoms with E-state index in [4.69, 9.17) is 29.5 Å². The summed E-state index contributed by atoms with van der Waals surface area (Å²) >= 11 is 0. The summed E-state index contributed by atoms with van der Waals surface area (Å²) in [5, 5.41) is 77.4. The van der Waals surface area contributed by atoms with Crippen LogP contribution in [0.2, 0.25) is 0 Å². The van der Waals surface area contributed by atoms with Crippen molar-refractivity contribution in [3.8, 4) is 23.0 Å².